The Balaban J connectivity index is 1.58. The average Bonchev–Trinajstić information content (AvgIpc) is 3.05. The summed E-state index contributed by atoms with van der Waals surface area (Å²) >= 11 is 6.46. The Bertz CT molecular complexity index is 1310. The number of hydrogen-bond donors (Lipinski definition) is 2. The van der Waals surface area contributed by atoms with E-state index in [9.17, 15) is 9.59 Å². The minimum atomic E-state index is -0.466. The van der Waals surface area contributed by atoms with Crippen molar-refractivity contribution in [3.8, 4) is 0 Å². The second-order valence-electron chi connectivity index (χ2n) is 6.98. The van der Waals surface area contributed by atoms with E-state index in [1.54, 1.807) is 35.9 Å². The van der Waals surface area contributed by atoms with E-state index in [-0.39, 0.29) is 22.2 Å². The monoisotopic (exact) mass is 436 g/mol. The Morgan fingerprint density at radius 1 is 1.10 bits per heavy atom. The maximum absolute atomic E-state index is 12.8. The van der Waals surface area contributed by atoms with Gasteiger partial charge in [-0.2, -0.15) is 5.10 Å². The van der Waals surface area contributed by atoms with Gasteiger partial charge in [-0.05, 0) is 31.5 Å². The van der Waals surface area contributed by atoms with Gasteiger partial charge in [0.2, 0.25) is 5.95 Å². The molecule has 2 aromatic carbocycles. The normalized spacial score (nSPS) is 10.9. The molecule has 0 radical (unpaired) electrons. The first-order chi connectivity index (χ1) is 15.0. The second-order valence-corrected chi connectivity index (χ2v) is 7.33. The van der Waals surface area contributed by atoms with Gasteiger partial charge in [-0.15, -0.1) is 0 Å². The van der Waals surface area contributed by atoms with Gasteiger partial charge < -0.3 is 0 Å². The van der Waals surface area contributed by atoms with Crippen molar-refractivity contribution in [3.05, 3.63) is 86.9 Å². The zero-order chi connectivity index (χ0) is 22.0. The van der Waals surface area contributed by atoms with E-state index in [1.165, 1.54) is 4.57 Å². The summed E-state index contributed by atoms with van der Waals surface area (Å²) in [7, 11) is 0. The summed E-state index contributed by atoms with van der Waals surface area (Å²) in [6.07, 6.45) is 0. The van der Waals surface area contributed by atoms with Crippen LogP contribution in [0.3, 0.4) is 0 Å². The zero-order valence-corrected chi connectivity index (χ0v) is 17.8. The Kier molecular flexibility index (Phi) is 5.73. The molecule has 0 aliphatic rings. The van der Waals surface area contributed by atoms with Gasteiger partial charge in [-0.25, -0.2) is 9.67 Å². The van der Waals surface area contributed by atoms with Crippen LogP contribution in [0, 0.1) is 6.92 Å². The van der Waals surface area contributed by atoms with Crippen LogP contribution in [0.25, 0.3) is 10.9 Å². The Morgan fingerprint density at radius 2 is 1.81 bits per heavy atom. The first kappa shape index (κ1) is 20.6. The third-order valence-corrected chi connectivity index (χ3v) is 5.32. The third-order valence-electron chi connectivity index (χ3n) is 4.93. The number of rotatable bonds is 6. The van der Waals surface area contributed by atoms with E-state index in [0.29, 0.717) is 29.7 Å². The van der Waals surface area contributed by atoms with Crippen molar-refractivity contribution >= 4 is 34.4 Å². The molecule has 0 spiro atoms. The molecule has 2 heterocycles. The van der Waals surface area contributed by atoms with Crippen LogP contribution in [-0.4, -0.2) is 25.2 Å². The van der Waals surface area contributed by atoms with Gasteiger partial charge in [-0.3, -0.25) is 25.0 Å². The van der Waals surface area contributed by atoms with Gasteiger partial charge in [0, 0.05) is 6.54 Å². The quantitative estimate of drug-likeness (QED) is 0.452. The molecular formula is C22H21ClN6O2. The van der Waals surface area contributed by atoms with Crippen molar-refractivity contribution in [1.82, 2.24) is 24.8 Å². The number of nitrogens with zero attached hydrogens (tertiary/aromatic N) is 4. The number of halogens is 1. The molecule has 0 aliphatic carbocycles. The highest BCUT2D eigenvalue weighted by Gasteiger charge is 2.21. The number of benzene rings is 2. The smallest absolute Gasteiger partial charge is 0.274 e. The summed E-state index contributed by atoms with van der Waals surface area (Å²) in [5.74, 6) is -0.225. The van der Waals surface area contributed by atoms with E-state index in [2.05, 4.69) is 20.9 Å². The number of aromatic nitrogens is 4. The number of hydrogen-bond acceptors (Lipinski definition) is 5. The molecule has 2 N–H and O–H groups in total. The van der Waals surface area contributed by atoms with Crippen LogP contribution in [0.1, 0.15) is 28.5 Å². The van der Waals surface area contributed by atoms with Crippen LogP contribution in [0.15, 0.2) is 59.4 Å². The molecule has 4 rings (SSSR count). The van der Waals surface area contributed by atoms with Gasteiger partial charge in [0.15, 0.2) is 0 Å². The lowest BCUT2D eigenvalue weighted by atomic mass is 10.2. The van der Waals surface area contributed by atoms with Gasteiger partial charge >= 0.3 is 0 Å². The van der Waals surface area contributed by atoms with Crippen molar-refractivity contribution in [2.24, 2.45) is 0 Å². The molecule has 4 aromatic rings. The van der Waals surface area contributed by atoms with Crippen molar-refractivity contribution in [2.45, 2.75) is 26.9 Å². The fraction of sp³-hybridized carbons (Fsp3) is 0.182. The first-order valence-corrected chi connectivity index (χ1v) is 10.2. The molecule has 31 heavy (non-hydrogen) atoms. The van der Waals surface area contributed by atoms with Crippen LogP contribution in [0.2, 0.25) is 5.15 Å². The number of fused-ring (bicyclic) bond motifs is 1. The highest BCUT2D eigenvalue weighted by atomic mass is 35.5. The van der Waals surface area contributed by atoms with E-state index < -0.39 is 5.91 Å². The Morgan fingerprint density at radius 3 is 2.55 bits per heavy atom. The van der Waals surface area contributed by atoms with Crippen LogP contribution in [0.5, 0.6) is 0 Å². The predicted molar refractivity (Wildman–Crippen MR) is 120 cm³/mol. The van der Waals surface area contributed by atoms with Crippen molar-refractivity contribution in [2.75, 3.05) is 5.43 Å². The average molecular weight is 437 g/mol. The number of carbonyl (C=O) groups excluding carboxylic acids is 1. The number of nitrogens with one attached hydrogen (secondary N) is 2. The van der Waals surface area contributed by atoms with Crippen LogP contribution >= 0.6 is 11.6 Å². The zero-order valence-electron chi connectivity index (χ0n) is 17.1. The molecular weight excluding hydrogens is 416 g/mol. The molecule has 2 aromatic heterocycles. The number of amides is 1. The van der Waals surface area contributed by atoms with E-state index in [1.807, 2.05) is 37.3 Å². The van der Waals surface area contributed by atoms with Crippen molar-refractivity contribution < 1.29 is 4.79 Å². The number of carbonyl (C=O) groups is 1. The topological polar surface area (TPSA) is 93.8 Å². The fourth-order valence-electron chi connectivity index (χ4n) is 3.40. The van der Waals surface area contributed by atoms with Crippen LogP contribution in [-0.2, 0) is 13.1 Å². The summed E-state index contributed by atoms with van der Waals surface area (Å²) in [6, 6.07) is 16.8. The molecule has 0 unspecified atom stereocenters. The SMILES string of the molecule is CCn1c(NNC(=O)c2c(C)nn(Cc3ccccc3)c2Cl)nc2ccccc2c1=O. The summed E-state index contributed by atoms with van der Waals surface area (Å²) in [5.41, 5.74) is 7.49. The maximum Gasteiger partial charge on any atom is 0.274 e. The second kappa shape index (κ2) is 8.61. The Labute approximate surface area is 183 Å². The molecule has 0 atom stereocenters. The third kappa shape index (κ3) is 4.02. The molecule has 8 nitrogen and oxygen atoms in total. The number of aryl methyl sites for hydroxylation is 1. The van der Waals surface area contributed by atoms with Gasteiger partial charge in [0.05, 0.1) is 23.1 Å². The molecule has 9 heteroatoms. The molecule has 0 aliphatic heterocycles. The summed E-state index contributed by atoms with van der Waals surface area (Å²) in [5, 5.41) is 5.15. The number of anilines is 1. The van der Waals surface area contributed by atoms with E-state index in [0.717, 1.165) is 5.56 Å². The van der Waals surface area contributed by atoms with E-state index in [4.69, 9.17) is 11.6 Å². The number of hydrazine groups is 1. The van der Waals surface area contributed by atoms with Crippen molar-refractivity contribution in [3.63, 3.8) is 0 Å². The van der Waals surface area contributed by atoms with Crippen molar-refractivity contribution in [1.29, 1.82) is 0 Å². The molecule has 0 fully saturated rings. The minimum Gasteiger partial charge on any atom is -0.277 e. The molecule has 1 amide bonds. The standard InChI is InChI=1S/C22H21ClN6O2/c1-3-28-21(31)16-11-7-8-12-17(16)24-22(28)26-25-20(30)18-14(2)27-29(19(18)23)13-15-9-5-4-6-10-15/h4-12H,3,13H2,1-2H3,(H,24,26)(H,25,30). The highest BCUT2D eigenvalue weighted by molar-refractivity contribution is 6.33. The largest absolute Gasteiger partial charge is 0.277 e. The van der Waals surface area contributed by atoms with Crippen LogP contribution in [0.4, 0.5) is 5.95 Å². The first-order valence-electron chi connectivity index (χ1n) is 9.82. The lowest BCUT2D eigenvalue weighted by Crippen LogP contribution is -2.34. The molecule has 0 saturated carbocycles. The molecule has 0 bridgehead atoms. The summed E-state index contributed by atoms with van der Waals surface area (Å²) < 4.78 is 3.04. The maximum atomic E-state index is 12.8. The van der Waals surface area contributed by atoms with Gasteiger partial charge in [0.25, 0.3) is 11.5 Å². The lowest BCUT2D eigenvalue weighted by molar-refractivity contribution is 0.0961. The Hall–Kier alpha value is -3.65. The predicted octanol–water partition coefficient (Wildman–Crippen LogP) is 3.38. The van der Waals surface area contributed by atoms with Crippen LogP contribution < -0.4 is 16.4 Å². The molecule has 158 valence electrons. The minimum absolute atomic E-state index is 0.185. The van der Waals surface area contributed by atoms with Gasteiger partial charge in [-0.1, -0.05) is 54.1 Å². The van der Waals surface area contributed by atoms with Gasteiger partial charge in [0.1, 0.15) is 10.7 Å². The summed E-state index contributed by atoms with van der Waals surface area (Å²) in [4.78, 5) is 30.0. The lowest BCUT2D eigenvalue weighted by Gasteiger charge is -2.14. The fourth-order valence-corrected chi connectivity index (χ4v) is 3.72. The van der Waals surface area contributed by atoms with E-state index >= 15 is 0 Å². The summed E-state index contributed by atoms with van der Waals surface area (Å²) in [6.45, 7) is 4.39. The molecule has 0 saturated heterocycles. The number of para-hydroxylation sites is 1. The highest BCUT2D eigenvalue weighted by Crippen LogP contribution is 2.21.